The Kier molecular flexibility index (Phi) is 8.90. The van der Waals surface area contributed by atoms with E-state index in [0.717, 1.165) is 38.8 Å². The summed E-state index contributed by atoms with van der Waals surface area (Å²) in [5.74, 6) is 0.698. The summed E-state index contributed by atoms with van der Waals surface area (Å²) in [4.78, 5) is 25.5. The Morgan fingerprint density at radius 3 is 2.14 bits per heavy atom. The fourth-order valence-electron chi connectivity index (χ4n) is 2.83. The zero-order chi connectivity index (χ0) is 15.2. The van der Waals surface area contributed by atoms with Crippen LogP contribution in [0.2, 0.25) is 0 Å². The van der Waals surface area contributed by atoms with E-state index >= 15 is 0 Å². The zero-order valence-corrected chi connectivity index (χ0v) is 14.3. The largest absolute Gasteiger partial charge is 0.355 e. The van der Waals surface area contributed by atoms with Crippen LogP contribution in [0.25, 0.3) is 0 Å². The van der Waals surface area contributed by atoms with E-state index in [1.54, 1.807) is 6.92 Å². The lowest BCUT2D eigenvalue weighted by molar-refractivity contribution is -0.132. The van der Waals surface area contributed by atoms with Crippen molar-refractivity contribution in [2.75, 3.05) is 26.2 Å². The minimum absolute atomic E-state index is 0. The molecule has 5 nitrogen and oxygen atoms in total. The van der Waals surface area contributed by atoms with Crippen LogP contribution < -0.4 is 11.1 Å². The second-order valence-electron chi connectivity index (χ2n) is 5.85. The zero-order valence-electron chi connectivity index (χ0n) is 13.5. The molecular formula is C15H30ClN3O2. The Bertz CT molecular complexity index is 330. The third kappa shape index (κ3) is 5.15. The van der Waals surface area contributed by atoms with Crippen molar-refractivity contribution in [3.63, 3.8) is 0 Å². The van der Waals surface area contributed by atoms with Crippen LogP contribution in [0.5, 0.6) is 0 Å². The fraction of sp³-hybridized carbons (Fsp3) is 0.867. The van der Waals surface area contributed by atoms with Crippen LogP contribution in [0, 0.1) is 11.3 Å². The van der Waals surface area contributed by atoms with Gasteiger partial charge < -0.3 is 16.0 Å². The fourth-order valence-corrected chi connectivity index (χ4v) is 2.83. The number of nitrogens with two attached hydrogens (primary N) is 1. The van der Waals surface area contributed by atoms with Gasteiger partial charge in [0, 0.05) is 33.1 Å². The molecule has 1 rings (SSSR count). The van der Waals surface area contributed by atoms with Crippen molar-refractivity contribution in [2.45, 2.75) is 46.5 Å². The van der Waals surface area contributed by atoms with Crippen LogP contribution >= 0.6 is 12.4 Å². The second kappa shape index (κ2) is 9.26. The molecule has 0 saturated carbocycles. The quantitative estimate of drug-likeness (QED) is 0.780. The third-order valence-electron chi connectivity index (χ3n) is 4.84. The van der Waals surface area contributed by atoms with Crippen LogP contribution in [0.3, 0.4) is 0 Å². The highest BCUT2D eigenvalue weighted by molar-refractivity contribution is 5.85. The van der Waals surface area contributed by atoms with Gasteiger partial charge in [-0.3, -0.25) is 9.59 Å². The lowest BCUT2D eigenvalue weighted by Gasteiger charge is -2.33. The van der Waals surface area contributed by atoms with Gasteiger partial charge >= 0.3 is 0 Å². The number of nitrogens with one attached hydrogen (secondary N) is 1. The van der Waals surface area contributed by atoms with Gasteiger partial charge in [-0.1, -0.05) is 13.8 Å². The smallest absolute Gasteiger partial charge is 0.227 e. The van der Waals surface area contributed by atoms with Crippen LogP contribution in [-0.2, 0) is 9.59 Å². The highest BCUT2D eigenvalue weighted by Crippen LogP contribution is 2.25. The van der Waals surface area contributed by atoms with E-state index in [1.807, 2.05) is 18.7 Å². The van der Waals surface area contributed by atoms with Gasteiger partial charge in [0.15, 0.2) is 0 Å². The van der Waals surface area contributed by atoms with Crippen LogP contribution in [-0.4, -0.2) is 42.9 Å². The van der Waals surface area contributed by atoms with E-state index < -0.39 is 5.41 Å². The first-order valence-corrected chi connectivity index (χ1v) is 7.73. The Balaban J connectivity index is 0.00000400. The summed E-state index contributed by atoms with van der Waals surface area (Å²) in [5.41, 5.74) is 5.37. The van der Waals surface area contributed by atoms with Crippen molar-refractivity contribution in [3.8, 4) is 0 Å². The standard InChI is InChI=1S/C15H29N3O2.ClH/c1-4-15(5-2,11-16)14(20)17-10-13-6-8-18(9-7-13)12(3)19;/h13H,4-11,16H2,1-3H3,(H,17,20);1H. The lowest BCUT2D eigenvalue weighted by Crippen LogP contribution is -2.47. The summed E-state index contributed by atoms with van der Waals surface area (Å²) < 4.78 is 0. The van der Waals surface area contributed by atoms with Gasteiger partial charge in [-0.15, -0.1) is 12.4 Å². The summed E-state index contributed by atoms with van der Waals surface area (Å²) in [7, 11) is 0. The number of hydrogen-bond donors (Lipinski definition) is 2. The van der Waals surface area contributed by atoms with Gasteiger partial charge in [-0.25, -0.2) is 0 Å². The molecule has 0 radical (unpaired) electrons. The van der Waals surface area contributed by atoms with Crippen molar-refractivity contribution in [3.05, 3.63) is 0 Å². The van der Waals surface area contributed by atoms with Gasteiger partial charge in [-0.2, -0.15) is 0 Å². The molecule has 0 unspecified atom stereocenters. The Labute approximate surface area is 134 Å². The first-order valence-electron chi connectivity index (χ1n) is 7.73. The summed E-state index contributed by atoms with van der Waals surface area (Å²) >= 11 is 0. The number of hydrogen-bond acceptors (Lipinski definition) is 3. The summed E-state index contributed by atoms with van der Waals surface area (Å²) in [6.07, 6.45) is 3.48. The van der Waals surface area contributed by atoms with Crippen molar-refractivity contribution in [1.82, 2.24) is 10.2 Å². The minimum Gasteiger partial charge on any atom is -0.355 e. The number of likely N-dealkylation sites (tertiary alicyclic amines) is 1. The number of rotatable bonds is 6. The summed E-state index contributed by atoms with van der Waals surface area (Å²) in [5, 5.41) is 3.07. The molecule has 0 bridgehead atoms. The van der Waals surface area contributed by atoms with Gasteiger partial charge in [0.05, 0.1) is 5.41 Å². The Morgan fingerprint density at radius 2 is 1.76 bits per heavy atom. The van der Waals surface area contributed by atoms with Gasteiger partial charge in [0.25, 0.3) is 0 Å². The predicted molar refractivity (Wildman–Crippen MR) is 87.3 cm³/mol. The number of halogens is 1. The summed E-state index contributed by atoms with van der Waals surface area (Å²) in [6.45, 7) is 8.35. The molecule has 124 valence electrons. The van der Waals surface area contributed by atoms with E-state index in [9.17, 15) is 9.59 Å². The maximum absolute atomic E-state index is 12.3. The Hall–Kier alpha value is -0.810. The minimum atomic E-state index is -0.417. The van der Waals surface area contributed by atoms with E-state index in [4.69, 9.17) is 5.73 Å². The normalized spacial score (nSPS) is 16.3. The van der Waals surface area contributed by atoms with E-state index in [1.165, 1.54) is 0 Å². The molecular weight excluding hydrogens is 290 g/mol. The molecule has 0 aliphatic carbocycles. The SMILES string of the molecule is CCC(CC)(CN)C(=O)NCC1CCN(C(C)=O)CC1.Cl. The summed E-state index contributed by atoms with van der Waals surface area (Å²) in [6, 6.07) is 0. The highest BCUT2D eigenvalue weighted by Gasteiger charge is 2.33. The molecule has 21 heavy (non-hydrogen) atoms. The molecule has 0 spiro atoms. The first kappa shape index (κ1) is 20.2. The number of nitrogens with zero attached hydrogens (tertiary/aromatic N) is 1. The third-order valence-corrected chi connectivity index (χ3v) is 4.84. The topological polar surface area (TPSA) is 75.4 Å². The van der Waals surface area contributed by atoms with Crippen molar-refractivity contribution >= 4 is 24.2 Å². The molecule has 1 aliphatic rings. The van der Waals surface area contributed by atoms with Gasteiger partial charge in [0.2, 0.25) is 11.8 Å². The molecule has 1 saturated heterocycles. The average Bonchev–Trinajstić information content (AvgIpc) is 2.48. The molecule has 6 heteroatoms. The number of carbonyl (C=O) groups is 2. The highest BCUT2D eigenvalue weighted by atomic mass is 35.5. The van der Waals surface area contributed by atoms with Crippen molar-refractivity contribution in [1.29, 1.82) is 0 Å². The monoisotopic (exact) mass is 319 g/mol. The molecule has 1 fully saturated rings. The number of carbonyl (C=O) groups excluding carboxylic acids is 2. The van der Waals surface area contributed by atoms with Crippen LogP contribution in [0.4, 0.5) is 0 Å². The van der Waals surface area contributed by atoms with Gasteiger partial charge in [-0.05, 0) is 31.6 Å². The maximum atomic E-state index is 12.3. The van der Waals surface area contributed by atoms with Crippen LogP contribution in [0.15, 0.2) is 0 Å². The molecule has 0 atom stereocenters. The van der Waals surface area contributed by atoms with E-state index in [-0.39, 0.29) is 24.2 Å². The second-order valence-corrected chi connectivity index (χ2v) is 5.85. The lowest BCUT2D eigenvalue weighted by atomic mass is 9.81. The molecule has 0 aromatic heterocycles. The van der Waals surface area contributed by atoms with Gasteiger partial charge in [0.1, 0.15) is 0 Å². The number of piperidine rings is 1. The first-order chi connectivity index (χ1) is 9.49. The molecule has 3 N–H and O–H groups in total. The van der Waals surface area contributed by atoms with E-state index in [0.29, 0.717) is 19.0 Å². The molecule has 1 aliphatic heterocycles. The van der Waals surface area contributed by atoms with Crippen LogP contribution in [0.1, 0.15) is 46.5 Å². The Morgan fingerprint density at radius 1 is 1.24 bits per heavy atom. The number of amides is 2. The maximum Gasteiger partial charge on any atom is 0.227 e. The van der Waals surface area contributed by atoms with E-state index in [2.05, 4.69) is 5.32 Å². The average molecular weight is 320 g/mol. The molecule has 0 aromatic carbocycles. The molecule has 2 amide bonds. The molecule has 1 heterocycles. The van der Waals surface area contributed by atoms with Crippen molar-refractivity contribution < 1.29 is 9.59 Å². The van der Waals surface area contributed by atoms with Crippen molar-refractivity contribution in [2.24, 2.45) is 17.1 Å². The predicted octanol–water partition coefficient (Wildman–Crippen LogP) is 1.55. The molecule has 0 aromatic rings.